The summed E-state index contributed by atoms with van der Waals surface area (Å²) in [5.41, 5.74) is 0.697. The van der Waals surface area contributed by atoms with Gasteiger partial charge in [0.1, 0.15) is 11.5 Å². The van der Waals surface area contributed by atoms with Gasteiger partial charge >= 0.3 is 0 Å². The maximum absolute atomic E-state index is 12.4. The van der Waals surface area contributed by atoms with E-state index in [9.17, 15) is 9.59 Å². The summed E-state index contributed by atoms with van der Waals surface area (Å²) in [6.07, 6.45) is 0. The predicted octanol–water partition coefficient (Wildman–Crippen LogP) is 2.87. The van der Waals surface area contributed by atoms with Gasteiger partial charge in [0.15, 0.2) is 0 Å². The largest absolute Gasteiger partial charge is 0.457 e. The molecule has 2 N–H and O–H groups in total. The monoisotopic (exact) mass is 367 g/mol. The first-order valence-corrected chi connectivity index (χ1v) is 9.17. The number of nitrogens with zero attached hydrogens (tertiary/aromatic N) is 1. The Balaban J connectivity index is 1.56. The van der Waals surface area contributed by atoms with Gasteiger partial charge in [-0.05, 0) is 42.3 Å². The van der Waals surface area contributed by atoms with Crippen molar-refractivity contribution in [1.29, 1.82) is 0 Å². The van der Waals surface area contributed by atoms with Gasteiger partial charge in [0.2, 0.25) is 11.8 Å². The van der Waals surface area contributed by atoms with Crippen LogP contribution in [0.2, 0.25) is 0 Å². The van der Waals surface area contributed by atoms with Crippen LogP contribution in [-0.4, -0.2) is 42.4 Å². The molecule has 0 saturated carbocycles. The Kier molecular flexibility index (Phi) is 6.08. The summed E-state index contributed by atoms with van der Waals surface area (Å²) < 4.78 is 5.75. The minimum absolute atomic E-state index is 0.00790. The molecular weight excluding hydrogens is 342 g/mol. The minimum Gasteiger partial charge on any atom is -0.457 e. The molecule has 1 unspecified atom stereocenters. The zero-order valence-corrected chi connectivity index (χ0v) is 15.6. The van der Waals surface area contributed by atoms with Crippen molar-refractivity contribution >= 4 is 17.5 Å². The fourth-order valence-corrected chi connectivity index (χ4v) is 3.25. The van der Waals surface area contributed by atoms with E-state index in [0.29, 0.717) is 24.5 Å². The summed E-state index contributed by atoms with van der Waals surface area (Å²) in [7, 11) is 0. The molecule has 1 atom stereocenters. The summed E-state index contributed by atoms with van der Waals surface area (Å²) in [6, 6.07) is 16.5. The Bertz CT molecular complexity index is 775. The van der Waals surface area contributed by atoms with E-state index in [0.717, 1.165) is 5.75 Å². The lowest BCUT2D eigenvalue weighted by molar-refractivity contribution is -0.132. The SMILES string of the molecule is CC(C)C1C(=O)NCCN1CC(=O)Nc1ccc(Oc2ccccc2)cc1. The van der Waals surface area contributed by atoms with Crippen molar-refractivity contribution in [3.63, 3.8) is 0 Å². The molecule has 0 aromatic heterocycles. The number of anilines is 1. The lowest BCUT2D eigenvalue weighted by atomic mass is 10.00. The quantitative estimate of drug-likeness (QED) is 0.824. The number of ether oxygens (including phenoxy) is 1. The van der Waals surface area contributed by atoms with E-state index >= 15 is 0 Å². The van der Waals surface area contributed by atoms with Gasteiger partial charge in [-0.15, -0.1) is 0 Å². The number of carbonyl (C=O) groups is 2. The molecule has 2 aromatic rings. The average Bonchev–Trinajstić information content (AvgIpc) is 2.64. The first-order valence-electron chi connectivity index (χ1n) is 9.17. The van der Waals surface area contributed by atoms with Crippen molar-refractivity contribution in [2.24, 2.45) is 5.92 Å². The van der Waals surface area contributed by atoms with Crippen LogP contribution in [0.3, 0.4) is 0 Å². The van der Waals surface area contributed by atoms with E-state index in [-0.39, 0.29) is 30.3 Å². The highest BCUT2D eigenvalue weighted by Gasteiger charge is 2.33. The summed E-state index contributed by atoms with van der Waals surface area (Å²) >= 11 is 0. The lowest BCUT2D eigenvalue weighted by Crippen LogP contribution is -2.58. The number of para-hydroxylation sites is 1. The molecule has 27 heavy (non-hydrogen) atoms. The van der Waals surface area contributed by atoms with Gasteiger partial charge in [-0.3, -0.25) is 14.5 Å². The van der Waals surface area contributed by atoms with Gasteiger partial charge in [-0.2, -0.15) is 0 Å². The molecule has 2 aromatic carbocycles. The molecule has 0 bridgehead atoms. The standard InChI is InChI=1S/C21H25N3O3/c1-15(2)20-21(26)22-12-13-24(20)14-19(25)23-16-8-10-18(11-9-16)27-17-6-4-3-5-7-17/h3-11,15,20H,12-14H2,1-2H3,(H,22,26)(H,23,25). The number of amides is 2. The van der Waals surface area contributed by atoms with Crippen molar-refractivity contribution in [1.82, 2.24) is 10.2 Å². The van der Waals surface area contributed by atoms with Crippen LogP contribution in [0.15, 0.2) is 54.6 Å². The Labute approximate surface area is 159 Å². The van der Waals surface area contributed by atoms with Crippen molar-refractivity contribution in [2.45, 2.75) is 19.9 Å². The van der Waals surface area contributed by atoms with Gasteiger partial charge < -0.3 is 15.4 Å². The highest BCUT2D eigenvalue weighted by Crippen LogP contribution is 2.22. The summed E-state index contributed by atoms with van der Waals surface area (Å²) in [4.78, 5) is 26.4. The maximum atomic E-state index is 12.4. The molecule has 1 saturated heterocycles. The lowest BCUT2D eigenvalue weighted by Gasteiger charge is -2.36. The second kappa shape index (κ2) is 8.68. The van der Waals surface area contributed by atoms with E-state index in [4.69, 9.17) is 4.74 Å². The number of carbonyl (C=O) groups excluding carboxylic acids is 2. The summed E-state index contributed by atoms with van der Waals surface area (Å²) in [6.45, 7) is 5.42. The van der Waals surface area contributed by atoms with Crippen LogP contribution in [0.4, 0.5) is 5.69 Å². The maximum Gasteiger partial charge on any atom is 0.238 e. The van der Waals surface area contributed by atoms with Crippen LogP contribution >= 0.6 is 0 Å². The molecule has 1 aliphatic rings. The highest BCUT2D eigenvalue weighted by molar-refractivity contribution is 5.93. The van der Waals surface area contributed by atoms with Gasteiger partial charge in [-0.1, -0.05) is 32.0 Å². The topological polar surface area (TPSA) is 70.7 Å². The Hall–Kier alpha value is -2.86. The van der Waals surface area contributed by atoms with E-state index in [1.165, 1.54) is 0 Å². The zero-order chi connectivity index (χ0) is 19.2. The van der Waals surface area contributed by atoms with E-state index in [1.807, 2.05) is 61.2 Å². The third kappa shape index (κ3) is 5.08. The highest BCUT2D eigenvalue weighted by atomic mass is 16.5. The van der Waals surface area contributed by atoms with Gasteiger partial charge in [0, 0.05) is 18.8 Å². The smallest absolute Gasteiger partial charge is 0.238 e. The molecule has 6 heteroatoms. The first-order chi connectivity index (χ1) is 13.0. The van der Waals surface area contributed by atoms with Crippen molar-refractivity contribution < 1.29 is 14.3 Å². The number of benzene rings is 2. The van der Waals surface area contributed by atoms with E-state index in [1.54, 1.807) is 12.1 Å². The molecule has 1 heterocycles. The molecule has 0 radical (unpaired) electrons. The molecule has 2 amide bonds. The van der Waals surface area contributed by atoms with E-state index < -0.39 is 0 Å². The van der Waals surface area contributed by atoms with E-state index in [2.05, 4.69) is 10.6 Å². The van der Waals surface area contributed by atoms with Gasteiger partial charge in [0.05, 0.1) is 12.6 Å². The number of hydrogen-bond donors (Lipinski definition) is 2. The van der Waals surface area contributed by atoms with Crippen LogP contribution in [0.5, 0.6) is 11.5 Å². The Morgan fingerprint density at radius 3 is 2.48 bits per heavy atom. The molecule has 3 rings (SSSR count). The van der Waals surface area contributed by atoms with Crippen molar-refractivity contribution in [3.8, 4) is 11.5 Å². The van der Waals surface area contributed by atoms with Gasteiger partial charge in [0.25, 0.3) is 0 Å². The third-order valence-electron chi connectivity index (χ3n) is 4.46. The zero-order valence-electron chi connectivity index (χ0n) is 15.6. The van der Waals surface area contributed by atoms with Crippen LogP contribution < -0.4 is 15.4 Å². The molecular formula is C21H25N3O3. The van der Waals surface area contributed by atoms with Gasteiger partial charge in [-0.25, -0.2) is 0 Å². The molecule has 1 aliphatic heterocycles. The fourth-order valence-electron chi connectivity index (χ4n) is 3.25. The van der Waals surface area contributed by atoms with Crippen LogP contribution in [0.25, 0.3) is 0 Å². The van der Waals surface area contributed by atoms with Crippen LogP contribution in [0, 0.1) is 5.92 Å². The second-order valence-corrected chi connectivity index (χ2v) is 6.94. The molecule has 0 spiro atoms. The Morgan fingerprint density at radius 1 is 1.15 bits per heavy atom. The molecule has 0 aliphatic carbocycles. The fraction of sp³-hybridized carbons (Fsp3) is 0.333. The second-order valence-electron chi connectivity index (χ2n) is 6.94. The number of nitrogens with one attached hydrogen (secondary N) is 2. The summed E-state index contributed by atoms with van der Waals surface area (Å²) in [5.74, 6) is 1.47. The number of piperazine rings is 1. The molecule has 1 fully saturated rings. The first kappa shape index (κ1) is 18.9. The van der Waals surface area contributed by atoms with Crippen LogP contribution in [0.1, 0.15) is 13.8 Å². The van der Waals surface area contributed by atoms with Crippen molar-refractivity contribution in [3.05, 3.63) is 54.6 Å². The minimum atomic E-state index is -0.272. The average molecular weight is 367 g/mol. The molecule has 142 valence electrons. The summed E-state index contributed by atoms with van der Waals surface area (Å²) in [5, 5.41) is 5.75. The predicted molar refractivity (Wildman–Crippen MR) is 105 cm³/mol. The molecule has 6 nitrogen and oxygen atoms in total. The number of hydrogen-bond acceptors (Lipinski definition) is 4. The normalized spacial score (nSPS) is 17.4. The van der Waals surface area contributed by atoms with Crippen molar-refractivity contribution in [2.75, 3.05) is 25.0 Å². The third-order valence-corrected chi connectivity index (χ3v) is 4.46. The van der Waals surface area contributed by atoms with Crippen LogP contribution in [-0.2, 0) is 9.59 Å². The Morgan fingerprint density at radius 2 is 1.81 bits per heavy atom. The number of rotatable bonds is 6.